The fourth-order valence-electron chi connectivity index (χ4n) is 3.18. The fourth-order valence-corrected chi connectivity index (χ4v) is 3.18. The lowest BCUT2D eigenvalue weighted by atomic mass is 10.2. The lowest BCUT2D eigenvalue weighted by Crippen LogP contribution is -2.20. The Kier molecular flexibility index (Phi) is 4.18. The van der Waals surface area contributed by atoms with Gasteiger partial charge in [0.25, 0.3) is 0 Å². The summed E-state index contributed by atoms with van der Waals surface area (Å²) in [6.45, 7) is -0.571. The Hall–Kier alpha value is -3.13. The number of amides is 1. The highest BCUT2D eigenvalue weighted by molar-refractivity contribution is 5.91. The molecule has 2 aromatic heterocycles. The first-order chi connectivity index (χ1) is 12.6. The summed E-state index contributed by atoms with van der Waals surface area (Å²) in [6, 6.07) is 6.33. The van der Waals surface area contributed by atoms with Gasteiger partial charge in [-0.3, -0.25) is 9.78 Å². The Morgan fingerprint density at radius 3 is 2.96 bits per heavy atom. The Labute approximate surface area is 148 Å². The van der Waals surface area contributed by atoms with Gasteiger partial charge in [-0.1, -0.05) is 0 Å². The van der Waals surface area contributed by atoms with E-state index >= 15 is 0 Å². The highest BCUT2D eigenvalue weighted by Crippen LogP contribution is 2.27. The number of carbonyl (C=O) groups excluding carboxylic acids is 1. The minimum absolute atomic E-state index is 0.0580. The van der Waals surface area contributed by atoms with Crippen molar-refractivity contribution in [2.75, 3.05) is 17.2 Å². The molecule has 26 heavy (non-hydrogen) atoms. The summed E-state index contributed by atoms with van der Waals surface area (Å²) in [5.41, 5.74) is 3.18. The van der Waals surface area contributed by atoms with Gasteiger partial charge in [0.1, 0.15) is 24.6 Å². The second-order valence-electron chi connectivity index (χ2n) is 6.17. The number of hydrogen-bond donors (Lipinski definition) is 3. The number of anilines is 2. The van der Waals surface area contributed by atoms with Crippen LogP contribution in [0.5, 0.6) is 0 Å². The maximum atomic E-state index is 13.6. The molecule has 0 saturated carbocycles. The van der Waals surface area contributed by atoms with Crippen molar-refractivity contribution in [3.05, 3.63) is 53.9 Å². The van der Waals surface area contributed by atoms with Crippen LogP contribution >= 0.6 is 0 Å². The summed E-state index contributed by atoms with van der Waals surface area (Å²) in [7, 11) is 0. The van der Waals surface area contributed by atoms with Crippen LogP contribution in [0.2, 0.25) is 0 Å². The Balaban J connectivity index is 1.54. The molecule has 3 N–H and O–H groups in total. The first kappa shape index (κ1) is 16.3. The molecule has 0 aliphatic heterocycles. The number of nitrogens with zero attached hydrogens (tertiary/aromatic N) is 3. The van der Waals surface area contributed by atoms with Gasteiger partial charge in [0.15, 0.2) is 0 Å². The van der Waals surface area contributed by atoms with Crippen molar-refractivity contribution in [1.29, 1.82) is 0 Å². The van der Waals surface area contributed by atoms with E-state index in [9.17, 15) is 9.18 Å². The molecule has 0 spiro atoms. The first-order valence-electron chi connectivity index (χ1n) is 8.17. The summed E-state index contributed by atoms with van der Waals surface area (Å²) in [5.74, 6) is -0.231. The molecular formula is C18H16FN5O2. The maximum Gasteiger partial charge on any atom is 0.250 e. The van der Waals surface area contributed by atoms with Crippen LogP contribution in [0.25, 0.3) is 10.9 Å². The number of pyridine rings is 1. The third-order valence-electron chi connectivity index (χ3n) is 4.33. The van der Waals surface area contributed by atoms with Gasteiger partial charge in [-0.05, 0) is 36.2 Å². The number of carbonyl (C=O) groups is 1. The van der Waals surface area contributed by atoms with Gasteiger partial charge < -0.3 is 15.7 Å². The summed E-state index contributed by atoms with van der Waals surface area (Å²) in [4.78, 5) is 24.1. The van der Waals surface area contributed by atoms with E-state index in [-0.39, 0.29) is 11.9 Å². The van der Waals surface area contributed by atoms with Crippen molar-refractivity contribution in [2.24, 2.45) is 0 Å². The molecule has 4 rings (SSSR count). The molecule has 1 amide bonds. The minimum atomic E-state index is -0.571. The molecule has 2 heterocycles. The van der Waals surface area contributed by atoms with E-state index in [1.165, 1.54) is 18.5 Å². The molecule has 3 aromatic rings. The topological polar surface area (TPSA) is 100 Å². The zero-order valence-corrected chi connectivity index (χ0v) is 13.7. The maximum absolute atomic E-state index is 13.6. The van der Waals surface area contributed by atoms with Gasteiger partial charge in [0.2, 0.25) is 5.91 Å². The Morgan fingerprint density at radius 1 is 1.23 bits per heavy atom. The quantitative estimate of drug-likeness (QED) is 0.660. The fraction of sp³-hybridized carbons (Fsp3) is 0.222. The summed E-state index contributed by atoms with van der Waals surface area (Å²) in [6.07, 6.45) is 4.42. The molecule has 132 valence electrons. The van der Waals surface area contributed by atoms with Gasteiger partial charge in [-0.25, -0.2) is 14.4 Å². The molecule has 8 heteroatoms. The van der Waals surface area contributed by atoms with Gasteiger partial charge in [0, 0.05) is 23.5 Å². The van der Waals surface area contributed by atoms with Gasteiger partial charge in [-0.15, -0.1) is 0 Å². The number of aromatic nitrogens is 3. The van der Waals surface area contributed by atoms with Crippen LogP contribution in [0.15, 0.2) is 36.8 Å². The van der Waals surface area contributed by atoms with Crippen molar-refractivity contribution in [3.8, 4) is 0 Å². The van der Waals surface area contributed by atoms with Gasteiger partial charge >= 0.3 is 0 Å². The molecule has 1 unspecified atom stereocenters. The van der Waals surface area contributed by atoms with E-state index in [1.54, 1.807) is 12.3 Å². The largest absolute Gasteiger partial charge is 0.387 e. The number of nitrogens with one attached hydrogen (secondary N) is 2. The minimum Gasteiger partial charge on any atom is -0.387 e. The number of aliphatic hydroxyl groups excluding tert-OH is 1. The molecule has 0 fully saturated rings. The smallest absolute Gasteiger partial charge is 0.250 e. The number of hydrogen-bond acceptors (Lipinski definition) is 6. The van der Waals surface area contributed by atoms with E-state index in [4.69, 9.17) is 5.11 Å². The van der Waals surface area contributed by atoms with Crippen LogP contribution in [-0.2, 0) is 17.6 Å². The van der Waals surface area contributed by atoms with Crippen LogP contribution in [0.1, 0.15) is 11.3 Å². The van der Waals surface area contributed by atoms with E-state index < -0.39 is 12.5 Å². The van der Waals surface area contributed by atoms with E-state index in [1.807, 2.05) is 6.07 Å². The van der Waals surface area contributed by atoms with Crippen molar-refractivity contribution >= 4 is 28.3 Å². The molecular weight excluding hydrogens is 337 g/mol. The monoisotopic (exact) mass is 353 g/mol. The average Bonchev–Trinajstić information content (AvgIpc) is 3.03. The SMILES string of the molecule is O=C(CO)Nc1cnc2c(c1)CC(Nc1ncnc3ccc(F)cc13)C2. The zero-order valence-electron chi connectivity index (χ0n) is 13.7. The van der Waals surface area contributed by atoms with Gasteiger partial charge in [0.05, 0.1) is 17.4 Å². The van der Waals surface area contributed by atoms with Crippen molar-refractivity contribution in [3.63, 3.8) is 0 Å². The third-order valence-corrected chi connectivity index (χ3v) is 4.33. The third kappa shape index (κ3) is 3.18. The second-order valence-corrected chi connectivity index (χ2v) is 6.17. The highest BCUT2D eigenvalue weighted by atomic mass is 19.1. The molecule has 0 saturated heterocycles. The Bertz CT molecular complexity index is 994. The summed E-state index contributed by atoms with van der Waals surface area (Å²) in [5, 5.41) is 15.4. The average molecular weight is 353 g/mol. The normalized spacial score (nSPS) is 15.7. The van der Waals surface area contributed by atoms with Crippen LogP contribution in [0.3, 0.4) is 0 Å². The second kappa shape index (κ2) is 6.64. The lowest BCUT2D eigenvalue weighted by molar-refractivity contribution is -0.118. The molecule has 1 atom stereocenters. The van der Waals surface area contributed by atoms with E-state index in [0.29, 0.717) is 35.2 Å². The predicted octanol–water partition coefficient (Wildman–Crippen LogP) is 1.67. The molecule has 0 bridgehead atoms. The number of benzene rings is 1. The summed E-state index contributed by atoms with van der Waals surface area (Å²) < 4.78 is 13.6. The molecule has 1 aromatic carbocycles. The zero-order chi connectivity index (χ0) is 18.1. The van der Waals surface area contributed by atoms with Crippen LogP contribution < -0.4 is 10.6 Å². The predicted molar refractivity (Wildman–Crippen MR) is 94.3 cm³/mol. The first-order valence-corrected chi connectivity index (χ1v) is 8.17. The van der Waals surface area contributed by atoms with Crippen LogP contribution in [0, 0.1) is 5.82 Å². The van der Waals surface area contributed by atoms with E-state index in [2.05, 4.69) is 25.6 Å². The number of fused-ring (bicyclic) bond motifs is 2. The number of rotatable bonds is 4. The van der Waals surface area contributed by atoms with Crippen LogP contribution in [-0.4, -0.2) is 38.6 Å². The van der Waals surface area contributed by atoms with Crippen molar-refractivity contribution < 1.29 is 14.3 Å². The lowest BCUT2D eigenvalue weighted by Gasteiger charge is -2.14. The molecule has 7 nitrogen and oxygen atoms in total. The standard InChI is InChI=1S/C18H16FN5O2/c19-11-1-2-15-14(5-11)18(22-9-21-15)24-12-3-10-4-13(23-17(26)8-25)7-20-16(10)6-12/h1-2,4-5,7,9,12,25H,3,6,8H2,(H,23,26)(H,21,22,24). The molecule has 0 radical (unpaired) electrons. The molecule has 1 aliphatic rings. The number of aliphatic hydroxyl groups is 1. The Morgan fingerprint density at radius 2 is 2.12 bits per heavy atom. The van der Waals surface area contributed by atoms with Crippen molar-refractivity contribution in [2.45, 2.75) is 18.9 Å². The van der Waals surface area contributed by atoms with Crippen molar-refractivity contribution in [1.82, 2.24) is 15.0 Å². The van der Waals surface area contributed by atoms with E-state index in [0.717, 1.165) is 11.3 Å². The highest BCUT2D eigenvalue weighted by Gasteiger charge is 2.24. The molecule has 1 aliphatic carbocycles. The van der Waals surface area contributed by atoms with Gasteiger partial charge in [-0.2, -0.15) is 0 Å². The number of halogens is 1. The summed E-state index contributed by atoms with van der Waals surface area (Å²) >= 11 is 0. The van der Waals surface area contributed by atoms with Crippen LogP contribution in [0.4, 0.5) is 15.9 Å².